The van der Waals surface area contributed by atoms with Gasteiger partial charge in [-0.3, -0.25) is 9.78 Å². The molecule has 2 heterocycles. The van der Waals surface area contributed by atoms with Gasteiger partial charge in [-0.1, -0.05) is 18.2 Å². The van der Waals surface area contributed by atoms with Crippen LogP contribution in [0.2, 0.25) is 0 Å². The minimum atomic E-state index is -1.05. The molecule has 2 N–H and O–H groups in total. The Balaban J connectivity index is 1.51. The lowest BCUT2D eigenvalue weighted by atomic mass is 9.88. The van der Waals surface area contributed by atoms with Crippen molar-refractivity contribution in [3.05, 3.63) is 94.8 Å². The summed E-state index contributed by atoms with van der Waals surface area (Å²) in [6.07, 6.45) is 3.11. The van der Waals surface area contributed by atoms with E-state index in [1.807, 2.05) is 6.92 Å². The van der Waals surface area contributed by atoms with Crippen molar-refractivity contribution in [2.24, 2.45) is 0 Å². The van der Waals surface area contributed by atoms with E-state index < -0.39 is 35.1 Å². The van der Waals surface area contributed by atoms with E-state index in [1.165, 1.54) is 36.5 Å². The van der Waals surface area contributed by atoms with Crippen LogP contribution in [0.4, 0.5) is 23.2 Å². The van der Waals surface area contributed by atoms with Crippen LogP contribution in [0.15, 0.2) is 54.9 Å². The van der Waals surface area contributed by atoms with E-state index in [0.717, 1.165) is 18.3 Å². The average Bonchev–Trinajstić information content (AvgIpc) is 2.86. The second-order valence-corrected chi connectivity index (χ2v) is 8.98. The van der Waals surface area contributed by atoms with E-state index >= 15 is 0 Å². The highest BCUT2D eigenvalue weighted by atomic mass is 19.2. The van der Waals surface area contributed by atoms with Crippen LogP contribution >= 0.6 is 0 Å². The van der Waals surface area contributed by atoms with Crippen LogP contribution in [0, 0.1) is 23.3 Å². The standard InChI is InChI=1S/C27H27F4N3O2/c1-16-15-36-20(12-33-16)7-8-21-25(31)13-32-14-26(21)34-27(35)11-22(17-2-5-19(28)6-3-17)18-4-9-23(29)24(30)10-18/h2-6,9-10,13-14,16,20,22,33H,7-8,11-12,15H2,1H3,(H,34,35)/t16-,20-,22+/m1/s1. The lowest BCUT2D eigenvalue weighted by molar-refractivity contribution is -0.116. The molecule has 0 aliphatic carbocycles. The fraction of sp³-hybridized carbons (Fsp3) is 0.333. The first-order valence-electron chi connectivity index (χ1n) is 11.8. The number of halogens is 4. The van der Waals surface area contributed by atoms with Gasteiger partial charge >= 0.3 is 0 Å². The van der Waals surface area contributed by atoms with Crippen LogP contribution in [0.5, 0.6) is 0 Å². The summed E-state index contributed by atoms with van der Waals surface area (Å²) in [6, 6.07) is 9.09. The molecule has 190 valence electrons. The van der Waals surface area contributed by atoms with Gasteiger partial charge in [-0.25, -0.2) is 17.6 Å². The molecule has 0 bridgehead atoms. The van der Waals surface area contributed by atoms with Gasteiger partial charge in [0.25, 0.3) is 0 Å². The van der Waals surface area contributed by atoms with Crippen molar-refractivity contribution < 1.29 is 27.1 Å². The summed E-state index contributed by atoms with van der Waals surface area (Å²) in [4.78, 5) is 16.9. The van der Waals surface area contributed by atoms with E-state index in [1.54, 1.807) is 0 Å². The number of amides is 1. The highest BCUT2D eigenvalue weighted by Crippen LogP contribution is 2.30. The summed E-state index contributed by atoms with van der Waals surface area (Å²) in [6.45, 7) is 3.25. The Morgan fingerprint density at radius 1 is 1.06 bits per heavy atom. The molecular formula is C27H27F4N3O2. The largest absolute Gasteiger partial charge is 0.375 e. The summed E-state index contributed by atoms with van der Waals surface area (Å²) >= 11 is 0. The van der Waals surface area contributed by atoms with Gasteiger partial charge in [0.2, 0.25) is 5.91 Å². The number of carbonyl (C=O) groups is 1. The molecule has 2 aromatic carbocycles. The molecule has 4 rings (SSSR count). The molecule has 9 heteroatoms. The van der Waals surface area contributed by atoms with E-state index in [9.17, 15) is 22.4 Å². The van der Waals surface area contributed by atoms with Crippen LogP contribution in [-0.2, 0) is 16.0 Å². The Morgan fingerprint density at radius 2 is 1.81 bits per heavy atom. The zero-order valence-electron chi connectivity index (χ0n) is 19.7. The second-order valence-electron chi connectivity index (χ2n) is 8.98. The summed E-state index contributed by atoms with van der Waals surface area (Å²) in [7, 11) is 0. The molecule has 0 radical (unpaired) electrons. The van der Waals surface area contributed by atoms with E-state index in [4.69, 9.17) is 4.74 Å². The molecule has 5 nitrogen and oxygen atoms in total. The molecule has 36 heavy (non-hydrogen) atoms. The van der Waals surface area contributed by atoms with Crippen LogP contribution in [0.25, 0.3) is 0 Å². The van der Waals surface area contributed by atoms with Crippen LogP contribution < -0.4 is 10.6 Å². The van der Waals surface area contributed by atoms with Gasteiger partial charge in [0.1, 0.15) is 11.6 Å². The quantitative estimate of drug-likeness (QED) is 0.421. The summed E-state index contributed by atoms with van der Waals surface area (Å²) < 4.78 is 61.4. The third kappa shape index (κ3) is 6.47. The first-order chi connectivity index (χ1) is 17.3. The maximum Gasteiger partial charge on any atom is 0.225 e. The van der Waals surface area contributed by atoms with Crippen molar-refractivity contribution >= 4 is 11.6 Å². The number of hydrogen-bond acceptors (Lipinski definition) is 4. The maximum absolute atomic E-state index is 14.6. The monoisotopic (exact) mass is 501 g/mol. The number of benzene rings is 2. The van der Waals surface area contributed by atoms with Gasteiger partial charge < -0.3 is 15.4 Å². The summed E-state index contributed by atoms with van der Waals surface area (Å²) in [5.41, 5.74) is 1.45. The number of morpholine rings is 1. The molecule has 0 spiro atoms. The normalized spacial score (nSPS) is 18.6. The van der Waals surface area contributed by atoms with Crippen molar-refractivity contribution in [3.8, 4) is 0 Å². The zero-order valence-corrected chi connectivity index (χ0v) is 19.7. The van der Waals surface area contributed by atoms with Gasteiger partial charge in [-0.2, -0.15) is 0 Å². The molecule has 0 saturated carbocycles. The maximum atomic E-state index is 14.6. The third-order valence-corrected chi connectivity index (χ3v) is 6.28. The number of hydrogen-bond donors (Lipinski definition) is 2. The Kier molecular flexibility index (Phi) is 8.32. The summed E-state index contributed by atoms with van der Waals surface area (Å²) in [5.74, 6) is -4.23. The Bertz CT molecular complexity index is 1200. The van der Waals surface area contributed by atoms with Crippen molar-refractivity contribution in [3.63, 3.8) is 0 Å². The fourth-order valence-corrected chi connectivity index (χ4v) is 4.28. The van der Waals surface area contributed by atoms with Gasteiger partial charge in [0, 0.05) is 30.5 Å². The number of anilines is 1. The molecule has 0 unspecified atom stereocenters. The average molecular weight is 502 g/mol. The molecule has 1 fully saturated rings. The van der Waals surface area contributed by atoms with E-state index in [-0.39, 0.29) is 24.3 Å². The van der Waals surface area contributed by atoms with Crippen molar-refractivity contribution in [2.45, 2.75) is 44.2 Å². The van der Waals surface area contributed by atoms with Crippen molar-refractivity contribution in [2.75, 3.05) is 18.5 Å². The smallest absolute Gasteiger partial charge is 0.225 e. The predicted octanol–water partition coefficient (Wildman–Crippen LogP) is 5.11. The number of nitrogens with zero attached hydrogens (tertiary/aromatic N) is 1. The highest BCUT2D eigenvalue weighted by molar-refractivity contribution is 5.92. The molecular weight excluding hydrogens is 474 g/mol. The summed E-state index contributed by atoms with van der Waals surface area (Å²) in [5, 5.41) is 6.03. The lowest BCUT2D eigenvalue weighted by Gasteiger charge is -2.28. The molecule has 1 saturated heterocycles. The second kappa shape index (κ2) is 11.6. The number of aromatic nitrogens is 1. The van der Waals surface area contributed by atoms with Crippen LogP contribution in [0.1, 0.15) is 42.4 Å². The Labute approximate surface area is 206 Å². The van der Waals surface area contributed by atoms with Gasteiger partial charge in [-0.05, 0) is 55.2 Å². The number of carbonyl (C=O) groups excluding carboxylic acids is 1. The van der Waals surface area contributed by atoms with Gasteiger partial charge in [0.05, 0.1) is 30.8 Å². The van der Waals surface area contributed by atoms with E-state index in [0.29, 0.717) is 42.7 Å². The highest BCUT2D eigenvalue weighted by Gasteiger charge is 2.23. The van der Waals surface area contributed by atoms with Crippen molar-refractivity contribution in [1.29, 1.82) is 0 Å². The van der Waals surface area contributed by atoms with Crippen LogP contribution in [-0.4, -0.2) is 36.2 Å². The first-order valence-corrected chi connectivity index (χ1v) is 11.8. The number of nitrogens with one attached hydrogen (secondary N) is 2. The van der Waals surface area contributed by atoms with Crippen molar-refractivity contribution in [1.82, 2.24) is 10.3 Å². The molecule has 1 aromatic heterocycles. The Hall–Kier alpha value is -3.30. The molecule has 1 amide bonds. The molecule has 3 aromatic rings. The SMILES string of the molecule is C[C@@H]1CO[C@H](CCc2c(F)cncc2NC(=O)C[C@@H](c2ccc(F)cc2)c2ccc(F)c(F)c2)CN1. The molecule has 1 aliphatic rings. The van der Waals surface area contributed by atoms with E-state index in [2.05, 4.69) is 15.6 Å². The third-order valence-electron chi connectivity index (χ3n) is 6.28. The fourth-order valence-electron chi connectivity index (χ4n) is 4.28. The number of ether oxygens (including phenoxy) is 1. The topological polar surface area (TPSA) is 63.2 Å². The number of pyridine rings is 1. The minimum Gasteiger partial charge on any atom is -0.375 e. The predicted molar refractivity (Wildman–Crippen MR) is 128 cm³/mol. The zero-order chi connectivity index (χ0) is 25.7. The van der Waals surface area contributed by atoms with Crippen LogP contribution in [0.3, 0.4) is 0 Å². The molecule has 1 aliphatic heterocycles. The lowest BCUT2D eigenvalue weighted by Crippen LogP contribution is -2.44. The van der Waals surface area contributed by atoms with Gasteiger partial charge in [0.15, 0.2) is 11.6 Å². The number of rotatable bonds is 8. The molecule has 3 atom stereocenters. The minimum absolute atomic E-state index is 0.0754. The Morgan fingerprint density at radius 3 is 2.50 bits per heavy atom. The first kappa shape index (κ1) is 25.8. The van der Waals surface area contributed by atoms with Gasteiger partial charge in [-0.15, -0.1) is 0 Å².